The third kappa shape index (κ3) is 4.51. The number of carbonyl (C=O) groups is 1. The van der Waals surface area contributed by atoms with Gasteiger partial charge in [-0.25, -0.2) is 8.42 Å². The minimum Gasteiger partial charge on any atom is -0.489 e. The lowest BCUT2D eigenvalue weighted by Crippen LogP contribution is -2.35. The van der Waals surface area contributed by atoms with Gasteiger partial charge in [-0.3, -0.25) is 10.2 Å². The summed E-state index contributed by atoms with van der Waals surface area (Å²) in [5.41, 5.74) is 2.95. The fraction of sp³-hybridized carbons (Fsp3) is 0.182. The highest BCUT2D eigenvalue weighted by Crippen LogP contribution is 2.30. The molecular weight excluding hydrogens is 448 g/mol. The lowest BCUT2D eigenvalue weighted by molar-refractivity contribution is -0.114. The van der Waals surface area contributed by atoms with Crippen molar-refractivity contribution in [3.63, 3.8) is 0 Å². The highest BCUT2D eigenvalue weighted by Gasteiger charge is 2.39. The van der Waals surface area contributed by atoms with Gasteiger partial charge >= 0.3 is 0 Å². The molecule has 0 spiro atoms. The lowest BCUT2D eigenvalue weighted by atomic mass is 10.1. The maximum atomic E-state index is 12.5. The Morgan fingerprint density at radius 3 is 2.47 bits per heavy atom. The van der Waals surface area contributed by atoms with Gasteiger partial charge in [0.25, 0.3) is 5.91 Å². The number of nitrogens with one attached hydrogen (secondary N) is 1. The van der Waals surface area contributed by atoms with Crippen molar-refractivity contribution in [3.05, 3.63) is 70.8 Å². The highest BCUT2D eigenvalue weighted by molar-refractivity contribution is 8.42. The second-order valence-electron chi connectivity index (χ2n) is 7.13. The van der Waals surface area contributed by atoms with Gasteiger partial charge in [0.05, 0.1) is 11.3 Å². The molecule has 0 fully saturated rings. The number of amides is 1. The zero-order chi connectivity index (χ0) is 22.9. The SMILES string of the molecule is CCS(=O)(=O)C1=NN2C(=N)/C(=C\c3ccc(OCc4ccc(C)cc4)cc3)C(=O)N=C2S1. The second kappa shape index (κ2) is 8.71. The molecule has 0 atom stereocenters. The largest absolute Gasteiger partial charge is 0.489 e. The first kappa shape index (κ1) is 22.0. The number of nitrogens with zero attached hydrogens (tertiary/aromatic N) is 3. The molecule has 8 nitrogen and oxygen atoms in total. The summed E-state index contributed by atoms with van der Waals surface area (Å²) in [4.78, 5) is 16.4. The molecule has 32 heavy (non-hydrogen) atoms. The first-order valence-corrected chi connectivity index (χ1v) is 12.2. The molecule has 1 amide bonds. The van der Waals surface area contributed by atoms with Crippen molar-refractivity contribution < 1.29 is 17.9 Å². The third-order valence-electron chi connectivity index (χ3n) is 4.80. The fourth-order valence-electron chi connectivity index (χ4n) is 2.90. The first-order valence-electron chi connectivity index (χ1n) is 9.78. The van der Waals surface area contributed by atoms with E-state index in [2.05, 4.69) is 10.1 Å². The van der Waals surface area contributed by atoms with Crippen molar-refractivity contribution in [2.45, 2.75) is 20.5 Å². The van der Waals surface area contributed by atoms with Crippen LogP contribution in [0.4, 0.5) is 0 Å². The van der Waals surface area contributed by atoms with E-state index in [1.165, 1.54) is 18.6 Å². The molecule has 2 heterocycles. The molecule has 0 saturated carbocycles. The van der Waals surface area contributed by atoms with E-state index in [0.29, 0.717) is 17.9 Å². The van der Waals surface area contributed by atoms with Gasteiger partial charge < -0.3 is 4.74 Å². The number of ether oxygens (including phenoxy) is 1. The predicted octanol–water partition coefficient (Wildman–Crippen LogP) is 3.59. The predicted molar refractivity (Wildman–Crippen MR) is 126 cm³/mol. The number of hydrogen-bond acceptors (Lipinski definition) is 7. The van der Waals surface area contributed by atoms with Gasteiger partial charge in [0, 0.05) is 0 Å². The number of amidine groups is 2. The summed E-state index contributed by atoms with van der Waals surface area (Å²) < 4.78 is 29.8. The van der Waals surface area contributed by atoms with Crippen molar-refractivity contribution in [2.24, 2.45) is 10.1 Å². The number of aliphatic imine (C=N–C) groups is 1. The van der Waals surface area contributed by atoms with Gasteiger partial charge in [-0.05, 0) is 48.0 Å². The van der Waals surface area contributed by atoms with E-state index in [1.807, 2.05) is 31.2 Å². The van der Waals surface area contributed by atoms with E-state index in [0.717, 1.165) is 22.3 Å². The van der Waals surface area contributed by atoms with Crippen molar-refractivity contribution in [1.82, 2.24) is 5.01 Å². The molecule has 0 aromatic heterocycles. The molecule has 4 rings (SSSR count). The lowest BCUT2D eigenvalue weighted by Gasteiger charge is -2.20. The third-order valence-corrected chi connectivity index (χ3v) is 7.89. The Labute approximate surface area is 190 Å². The summed E-state index contributed by atoms with van der Waals surface area (Å²) in [6, 6.07) is 15.2. The molecule has 0 bridgehead atoms. The van der Waals surface area contributed by atoms with Crippen molar-refractivity contribution in [2.75, 3.05) is 5.75 Å². The minimum atomic E-state index is -3.56. The number of rotatable bonds is 5. The van der Waals surface area contributed by atoms with E-state index in [4.69, 9.17) is 10.1 Å². The Kier molecular flexibility index (Phi) is 5.98. The van der Waals surface area contributed by atoms with Crippen LogP contribution in [0.15, 0.2) is 64.2 Å². The Morgan fingerprint density at radius 1 is 1.12 bits per heavy atom. The van der Waals surface area contributed by atoms with Crippen molar-refractivity contribution in [3.8, 4) is 5.75 Å². The average Bonchev–Trinajstić information content (AvgIpc) is 3.22. The van der Waals surface area contributed by atoms with Crippen LogP contribution in [-0.4, -0.2) is 40.5 Å². The molecule has 2 aromatic rings. The van der Waals surface area contributed by atoms with E-state index in [9.17, 15) is 13.2 Å². The number of hydrogen-bond donors (Lipinski definition) is 1. The Balaban J connectivity index is 1.49. The van der Waals surface area contributed by atoms with Crippen LogP contribution in [0.5, 0.6) is 5.75 Å². The average molecular weight is 469 g/mol. The Morgan fingerprint density at radius 2 is 1.81 bits per heavy atom. The minimum absolute atomic E-state index is 0.0292. The summed E-state index contributed by atoms with van der Waals surface area (Å²) in [5, 5.41) is 13.5. The normalized spacial score (nSPS) is 17.3. The number of thioether (sulfide) groups is 1. The molecule has 0 aliphatic carbocycles. The maximum Gasteiger partial charge on any atom is 0.283 e. The zero-order valence-electron chi connectivity index (χ0n) is 17.4. The summed E-state index contributed by atoms with van der Waals surface area (Å²) >= 11 is 0.781. The smallest absolute Gasteiger partial charge is 0.283 e. The molecular formula is C22H20N4O4S2. The number of fused-ring (bicyclic) bond motifs is 1. The van der Waals surface area contributed by atoms with Crippen LogP contribution in [0, 0.1) is 12.3 Å². The Hall–Kier alpha value is -3.24. The van der Waals surface area contributed by atoms with Gasteiger partial charge in [0.15, 0.2) is 5.84 Å². The van der Waals surface area contributed by atoms with Crippen LogP contribution in [0.25, 0.3) is 6.08 Å². The first-order chi connectivity index (χ1) is 15.3. The maximum absolute atomic E-state index is 12.5. The summed E-state index contributed by atoms with van der Waals surface area (Å²) in [6.07, 6.45) is 1.53. The Bertz CT molecular complexity index is 1280. The van der Waals surface area contributed by atoms with Crippen molar-refractivity contribution in [1.29, 1.82) is 5.41 Å². The molecule has 10 heteroatoms. The second-order valence-corrected chi connectivity index (χ2v) is 10.5. The van der Waals surface area contributed by atoms with E-state index in [1.54, 1.807) is 24.3 Å². The zero-order valence-corrected chi connectivity index (χ0v) is 19.0. The number of aryl methyl sites for hydroxylation is 1. The summed E-state index contributed by atoms with van der Waals surface area (Å²) in [7, 11) is -3.56. The molecule has 2 aliphatic heterocycles. The summed E-state index contributed by atoms with van der Waals surface area (Å²) in [5.74, 6) is -0.275. The molecule has 1 N–H and O–H groups in total. The molecule has 2 aromatic carbocycles. The molecule has 0 unspecified atom stereocenters. The van der Waals surface area contributed by atoms with Gasteiger partial charge in [-0.1, -0.05) is 48.9 Å². The van der Waals surface area contributed by atoms with Crippen LogP contribution in [0.1, 0.15) is 23.6 Å². The molecule has 164 valence electrons. The molecule has 2 aliphatic rings. The molecule has 0 saturated heterocycles. The van der Waals surface area contributed by atoms with E-state index in [-0.39, 0.29) is 26.7 Å². The van der Waals surface area contributed by atoms with Crippen LogP contribution in [0.2, 0.25) is 0 Å². The van der Waals surface area contributed by atoms with E-state index < -0.39 is 15.7 Å². The van der Waals surface area contributed by atoms with Gasteiger partial charge in [-0.2, -0.15) is 10.0 Å². The van der Waals surface area contributed by atoms with Crippen LogP contribution in [0.3, 0.4) is 0 Å². The highest BCUT2D eigenvalue weighted by atomic mass is 32.3. The van der Waals surface area contributed by atoms with Gasteiger partial charge in [0.1, 0.15) is 12.4 Å². The topological polar surface area (TPSA) is 112 Å². The number of sulfone groups is 1. The van der Waals surface area contributed by atoms with Gasteiger partial charge in [0.2, 0.25) is 19.4 Å². The van der Waals surface area contributed by atoms with Crippen molar-refractivity contribution >= 4 is 49.0 Å². The number of carbonyl (C=O) groups excluding carboxylic acids is 1. The molecule has 0 radical (unpaired) electrons. The monoisotopic (exact) mass is 468 g/mol. The van der Waals surface area contributed by atoms with E-state index >= 15 is 0 Å². The standard InChI is InChI=1S/C22H20N4O4S2/c1-3-32(28,29)22-25-26-19(23)18(20(27)24-21(26)31-22)12-15-8-10-17(11-9-15)30-13-16-6-4-14(2)5-7-16/h4-12,23H,3,13H2,1-2H3/b18-12+,23-19?. The van der Waals surface area contributed by atoms with Crippen LogP contribution >= 0.6 is 11.8 Å². The van der Waals surface area contributed by atoms with Gasteiger partial charge in [-0.15, -0.1) is 5.10 Å². The van der Waals surface area contributed by atoms with Crippen LogP contribution < -0.4 is 4.74 Å². The number of hydrazone groups is 1. The van der Waals surface area contributed by atoms with Crippen LogP contribution in [-0.2, 0) is 21.2 Å². The fourth-order valence-corrected chi connectivity index (χ4v) is 5.07. The number of benzene rings is 2. The summed E-state index contributed by atoms with van der Waals surface area (Å²) in [6.45, 7) is 3.98. The quantitative estimate of drug-likeness (QED) is 0.671.